The third-order valence-electron chi connectivity index (χ3n) is 16.7. The van der Waals surface area contributed by atoms with Crippen LogP contribution in [0.4, 0.5) is 4.79 Å². The van der Waals surface area contributed by atoms with Crippen LogP contribution in [0.25, 0.3) is 0 Å². The van der Waals surface area contributed by atoms with Crippen LogP contribution in [0.2, 0.25) is 0 Å². The van der Waals surface area contributed by atoms with Crippen molar-refractivity contribution in [2.75, 3.05) is 21.3 Å². The lowest BCUT2D eigenvalue weighted by molar-refractivity contribution is -0.223. The molecule has 0 bridgehead atoms. The van der Waals surface area contributed by atoms with E-state index in [1.165, 1.54) is 19.3 Å². The fourth-order valence-electron chi connectivity index (χ4n) is 14.0. The van der Waals surface area contributed by atoms with Gasteiger partial charge in [-0.1, -0.05) is 41.5 Å². The van der Waals surface area contributed by atoms with E-state index in [4.69, 9.17) is 28.4 Å². The van der Waals surface area contributed by atoms with Gasteiger partial charge in [0, 0.05) is 32.7 Å². The summed E-state index contributed by atoms with van der Waals surface area (Å²) in [5, 5.41) is 2.81. The van der Waals surface area contributed by atoms with Crippen molar-refractivity contribution in [2.24, 2.45) is 50.7 Å². The summed E-state index contributed by atoms with van der Waals surface area (Å²) in [6.07, 6.45) is 8.87. The molecule has 52 heavy (non-hydrogen) atoms. The Labute approximate surface area is 315 Å². The van der Waals surface area contributed by atoms with Gasteiger partial charge in [-0.15, -0.1) is 0 Å². The zero-order chi connectivity index (χ0) is 38.7. The Bertz CT molecular complexity index is 1390. The van der Waals surface area contributed by atoms with E-state index in [1.54, 1.807) is 7.11 Å². The van der Waals surface area contributed by atoms with E-state index in [1.807, 2.05) is 48.8 Å². The zero-order valence-corrected chi connectivity index (χ0v) is 35.3. The molecule has 1 saturated heterocycles. The first-order chi connectivity index (χ1) is 23.9. The van der Waals surface area contributed by atoms with E-state index in [2.05, 4.69) is 53.8 Å². The highest BCUT2D eigenvalue weighted by atomic mass is 16.6. The number of ether oxygens (including phenoxy) is 6. The largest absolute Gasteiger partial charge is 0.460 e. The van der Waals surface area contributed by atoms with Crippen molar-refractivity contribution in [1.29, 1.82) is 0 Å². The van der Waals surface area contributed by atoms with Gasteiger partial charge < -0.3 is 33.7 Å². The highest BCUT2D eigenvalue weighted by molar-refractivity contribution is 5.82. The number of alkyl carbamates (subject to hydrolysis) is 1. The lowest BCUT2D eigenvalue weighted by atomic mass is 9.41. The Morgan fingerprint density at radius 1 is 0.808 bits per heavy atom. The minimum absolute atomic E-state index is 0.0502. The molecule has 5 aliphatic carbocycles. The Morgan fingerprint density at radius 2 is 1.46 bits per heavy atom. The fraction of sp³-hybridized carbons (Fsp3) is 0.953. The minimum atomic E-state index is -0.788. The lowest BCUT2D eigenvalue weighted by Gasteiger charge is -2.65. The van der Waals surface area contributed by atoms with Crippen LogP contribution in [0.3, 0.4) is 0 Å². The van der Waals surface area contributed by atoms with Crippen LogP contribution in [-0.4, -0.2) is 80.7 Å². The van der Waals surface area contributed by atoms with Crippen LogP contribution in [0, 0.1) is 50.7 Å². The number of hydrogen-bond donors (Lipinski definition) is 1. The van der Waals surface area contributed by atoms with Crippen molar-refractivity contribution in [3.8, 4) is 0 Å². The smallest absolute Gasteiger partial charge is 0.408 e. The van der Waals surface area contributed by atoms with Gasteiger partial charge in [0.15, 0.2) is 0 Å². The summed E-state index contributed by atoms with van der Waals surface area (Å²) < 4.78 is 38.1. The van der Waals surface area contributed by atoms with Gasteiger partial charge in [-0.05, 0) is 139 Å². The van der Waals surface area contributed by atoms with Crippen LogP contribution < -0.4 is 5.32 Å². The van der Waals surface area contributed by atoms with Crippen LogP contribution in [0.1, 0.15) is 141 Å². The minimum Gasteiger partial charge on any atom is -0.460 e. The van der Waals surface area contributed by atoms with Crippen molar-refractivity contribution in [2.45, 2.75) is 188 Å². The number of rotatable bonds is 9. The van der Waals surface area contributed by atoms with E-state index in [0.717, 1.165) is 38.5 Å². The van der Waals surface area contributed by atoms with Crippen molar-refractivity contribution < 1.29 is 38.0 Å². The highest BCUT2D eigenvalue weighted by Gasteiger charge is 2.85. The summed E-state index contributed by atoms with van der Waals surface area (Å²) in [5.74, 6) is 0.528. The normalized spacial score (nSPS) is 45.7. The van der Waals surface area contributed by atoms with Crippen LogP contribution in [-0.2, 0) is 33.2 Å². The van der Waals surface area contributed by atoms with Crippen molar-refractivity contribution in [3.05, 3.63) is 0 Å². The summed E-state index contributed by atoms with van der Waals surface area (Å²) in [6.45, 7) is 25.8. The first-order valence-electron chi connectivity index (χ1n) is 20.4. The number of nitrogens with one attached hydrogen (secondary N) is 1. The maximum absolute atomic E-state index is 13.8. The molecule has 298 valence electrons. The molecule has 2 spiro atoms. The number of carbonyl (C=O) groups excluding carboxylic acids is 2. The van der Waals surface area contributed by atoms with E-state index < -0.39 is 17.7 Å². The van der Waals surface area contributed by atoms with Gasteiger partial charge in [0.05, 0.1) is 29.5 Å². The molecule has 6 rings (SSSR count). The van der Waals surface area contributed by atoms with Crippen molar-refractivity contribution in [1.82, 2.24) is 5.32 Å². The molecule has 0 aromatic heterocycles. The predicted octanol–water partition coefficient (Wildman–Crippen LogP) is 8.50. The summed E-state index contributed by atoms with van der Waals surface area (Å²) in [6, 6.07) is -0.788. The summed E-state index contributed by atoms with van der Waals surface area (Å²) in [7, 11) is 5.60. The molecule has 9 nitrogen and oxygen atoms in total. The Kier molecular flexibility index (Phi) is 9.91. The van der Waals surface area contributed by atoms with Gasteiger partial charge in [-0.25, -0.2) is 9.59 Å². The van der Waals surface area contributed by atoms with Crippen molar-refractivity contribution in [3.63, 3.8) is 0 Å². The second kappa shape index (κ2) is 12.8. The fourth-order valence-corrected chi connectivity index (χ4v) is 14.0. The molecule has 1 heterocycles. The van der Waals surface area contributed by atoms with Gasteiger partial charge in [0.1, 0.15) is 17.7 Å². The summed E-state index contributed by atoms with van der Waals surface area (Å²) in [4.78, 5) is 26.6. The number of hydrogen-bond acceptors (Lipinski definition) is 8. The maximum atomic E-state index is 13.8. The Morgan fingerprint density at radius 3 is 2.04 bits per heavy atom. The molecule has 9 heteroatoms. The second-order valence-corrected chi connectivity index (χ2v) is 21.2. The molecule has 1 amide bonds. The maximum Gasteiger partial charge on any atom is 0.408 e. The summed E-state index contributed by atoms with van der Waals surface area (Å²) in [5.41, 5.74) is -1.07. The Hall–Kier alpha value is -1.42. The van der Waals surface area contributed by atoms with Crippen molar-refractivity contribution >= 4 is 12.1 Å². The van der Waals surface area contributed by atoms with Crippen LogP contribution in [0.5, 0.6) is 0 Å². The lowest BCUT2D eigenvalue weighted by Crippen LogP contribution is -2.63. The topological polar surface area (TPSA) is 102 Å². The average Bonchev–Trinajstić information content (AvgIpc) is 3.39. The molecule has 3 unspecified atom stereocenters. The number of esters is 1. The van der Waals surface area contributed by atoms with E-state index in [9.17, 15) is 9.59 Å². The van der Waals surface area contributed by atoms with Gasteiger partial charge in [-0.3, -0.25) is 0 Å². The monoisotopic (exact) mass is 732 g/mol. The standard InChI is InChI=1S/C43H73NO8/c1-25(2)31(44-35(46)52-36(3,4)5)34(45)50-29-17-19-43-24-42(43)21-20-39(10)33(41(12)18-16-30(51-41)38(8,9)49-15)27(48-14)23-40(39,11)28(42)22-26(47-13)32(43)37(29,6)7/h25-33H,16-24H2,1-15H3,(H,44,46)/t26-,27-,28?,29-,30-,31-,32-,33-,39+,40-,41+,42?,43?/m0/s1. The van der Waals surface area contributed by atoms with Gasteiger partial charge in [0.25, 0.3) is 0 Å². The van der Waals surface area contributed by atoms with Gasteiger partial charge >= 0.3 is 12.1 Å². The molecule has 0 radical (unpaired) electrons. The quantitative estimate of drug-likeness (QED) is 0.236. The van der Waals surface area contributed by atoms with Crippen LogP contribution >= 0.6 is 0 Å². The SMILES string of the molecule is CO[C@H]1C[C@@]2(C)C3C[C@H](OC)[C@H]4C(C)(C)[C@@H](OC(=O)[C@@H](NC(=O)OC(C)(C)C)C(C)C)CCC45CC35CC[C@]2(C)[C@H]1[C@@]1(C)CC[C@@H](C(C)(C)OC)O1. The second-order valence-electron chi connectivity index (χ2n) is 21.2. The average molecular weight is 732 g/mol. The third-order valence-corrected chi connectivity index (χ3v) is 16.7. The molecule has 1 aliphatic heterocycles. The summed E-state index contributed by atoms with van der Waals surface area (Å²) >= 11 is 0. The third kappa shape index (κ3) is 5.81. The first kappa shape index (κ1) is 40.2. The van der Waals surface area contributed by atoms with E-state index >= 15 is 0 Å². The van der Waals surface area contributed by atoms with Gasteiger partial charge in [-0.2, -0.15) is 0 Å². The molecule has 6 aliphatic rings. The number of carbonyl (C=O) groups is 2. The molecule has 5 saturated carbocycles. The molecular formula is C43H73NO8. The zero-order valence-electron chi connectivity index (χ0n) is 35.3. The number of methoxy groups -OCH3 is 3. The number of fused-ring (bicyclic) bond motifs is 2. The van der Waals surface area contributed by atoms with Crippen LogP contribution in [0.15, 0.2) is 0 Å². The predicted molar refractivity (Wildman–Crippen MR) is 201 cm³/mol. The molecule has 13 atom stereocenters. The molecular weight excluding hydrogens is 658 g/mol. The molecule has 1 N–H and O–H groups in total. The van der Waals surface area contributed by atoms with Gasteiger partial charge in [0.2, 0.25) is 0 Å². The first-order valence-corrected chi connectivity index (χ1v) is 20.4. The van der Waals surface area contributed by atoms with E-state index in [-0.39, 0.29) is 86.4 Å². The molecule has 0 aromatic carbocycles. The van der Waals surface area contributed by atoms with E-state index in [0.29, 0.717) is 5.92 Å². The molecule has 0 aromatic rings. The highest BCUT2D eigenvalue weighted by Crippen LogP contribution is 2.89. The molecule has 6 fully saturated rings. The number of amides is 1. The Balaban J connectivity index is 1.26.